The monoisotopic (exact) mass is 536 g/mol. The fraction of sp³-hybridized carbons (Fsp3) is 0.240. The fourth-order valence-corrected chi connectivity index (χ4v) is 4.64. The van der Waals surface area contributed by atoms with Crippen molar-refractivity contribution in [3.63, 3.8) is 0 Å². The molecule has 0 fully saturated rings. The Labute approximate surface area is 220 Å². The minimum atomic E-state index is -0.603. The summed E-state index contributed by atoms with van der Waals surface area (Å²) in [6, 6.07) is 14.2. The maximum Gasteiger partial charge on any atom is 0.325 e. The number of carbonyl (C=O) groups excluding carboxylic acids is 1. The SMILES string of the molecule is CCOc1ccc(-n2c(Cc3cc(=O)[nH]c(=O)[nH]3)nnc2SCC(=O)NCc2ccc3c(c2)OCO3)cc1. The number of ether oxygens (including phenoxy) is 3. The van der Waals surface area contributed by atoms with Crippen molar-refractivity contribution in [2.75, 3.05) is 19.2 Å². The number of hydrogen-bond acceptors (Lipinski definition) is 9. The van der Waals surface area contributed by atoms with Crippen LogP contribution in [0.1, 0.15) is 24.0 Å². The predicted molar refractivity (Wildman–Crippen MR) is 138 cm³/mol. The second-order valence-electron chi connectivity index (χ2n) is 8.20. The lowest BCUT2D eigenvalue weighted by Crippen LogP contribution is -2.24. The largest absolute Gasteiger partial charge is 0.494 e. The van der Waals surface area contributed by atoms with Gasteiger partial charge in [0.1, 0.15) is 11.6 Å². The first-order valence-corrected chi connectivity index (χ1v) is 12.7. The number of amides is 1. The van der Waals surface area contributed by atoms with E-state index >= 15 is 0 Å². The summed E-state index contributed by atoms with van der Waals surface area (Å²) in [6.45, 7) is 2.97. The molecule has 1 aliphatic rings. The molecule has 2 aromatic carbocycles. The number of aromatic nitrogens is 5. The zero-order valence-corrected chi connectivity index (χ0v) is 21.2. The van der Waals surface area contributed by atoms with Crippen molar-refractivity contribution in [1.29, 1.82) is 0 Å². The van der Waals surface area contributed by atoms with Crippen molar-refractivity contribution in [1.82, 2.24) is 30.0 Å². The normalized spacial score (nSPS) is 11.9. The number of hydrogen-bond donors (Lipinski definition) is 3. The summed E-state index contributed by atoms with van der Waals surface area (Å²) in [5.41, 5.74) is 0.900. The summed E-state index contributed by atoms with van der Waals surface area (Å²) >= 11 is 1.22. The third kappa shape index (κ3) is 5.89. The van der Waals surface area contributed by atoms with E-state index in [0.717, 1.165) is 11.3 Å². The van der Waals surface area contributed by atoms with Gasteiger partial charge in [-0.25, -0.2) is 4.79 Å². The molecule has 3 heterocycles. The van der Waals surface area contributed by atoms with E-state index in [2.05, 4.69) is 25.5 Å². The van der Waals surface area contributed by atoms with Gasteiger partial charge in [0.15, 0.2) is 16.7 Å². The predicted octanol–water partition coefficient (Wildman–Crippen LogP) is 1.77. The highest BCUT2D eigenvalue weighted by atomic mass is 32.2. The van der Waals surface area contributed by atoms with E-state index in [-0.39, 0.29) is 24.9 Å². The molecule has 196 valence electrons. The Morgan fingerprint density at radius 3 is 2.68 bits per heavy atom. The average molecular weight is 537 g/mol. The van der Waals surface area contributed by atoms with Gasteiger partial charge in [-0.3, -0.25) is 19.1 Å². The van der Waals surface area contributed by atoms with E-state index in [1.807, 2.05) is 49.4 Å². The molecule has 5 rings (SSSR count). The van der Waals surface area contributed by atoms with Gasteiger partial charge in [0.05, 0.1) is 12.4 Å². The van der Waals surface area contributed by atoms with E-state index in [9.17, 15) is 14.4 Å². The molecule has 4 aromatic rings. The van der Waals surface area contributed by atoms with Crippen LogP contribution in [0.5, 0.6) is 17.2 Å². The molecule has 13 heteroatoms. The molecule has 0 unspecified atom stereocenters. The zero-order valence-electron chi connectivity index (χ0n) is 20.4. The Hall–Kier alpha value is -4.52. The van der Waals surface area contributed by atoms with Crippen LogP contribution in [-0.2, 0) is 17.8 Å². The van der Waals surface area contributed by atoms with Crippen LogP contribution in [0.15, 0.2) is 63.3 Å². The molecule has 2 aromatic heterocycles. The average Bonchev–Trinajstić information content (AvgIpc) is 3.53. The van der Waals surface area contributed by atoms with Gasteiger partial charge in [0.25, 0.3) is 5.56 Å². The number of thioether (sulfide) groups is 1. The molecule has 0 bridgehead atoms. The van der Waals surface area contributed by atoms with Gasteiger partial charge in [0, 0.05) is 30.4 Å². The highest BCUT2D eigenvalue weighted by molar-refractivity contribution is 7.99. The highest BCUT2D eigenvalue weighted by Gasteiger charge is 2.18. The maximum absolute atomic E-state index is 12.6. The van der Waals surface area contributed by atoms with Crippen molar-refractivity contribution in [3.8, 4) is 22.9 Å². The van der Waals surface area contributed by atoms with E-state index in [4.69, 9.17) is 14.2 Å². The zero-order chi connectivity index (χ0) is 26.5. The first-order chi connectivity index (χ1) is 18.5. The summed E-state index contributed by atoms with van der Waals surface area (Å²) in [7, 11) is 0. The quantitative estimate of drug-likeness (QED) is 0.257. The second-order valence-corrected chi connectivity index (χ2v) is 9.15. The van der Waals surface area contributed by atoms with E-state index < -0.39 is 11.2 Å². The lowest BCUT2D eigenvalue weighted by atomic mass is 10.2. The van der Waals surface area contributed by atoms with Crippen LogP contribution in [-0.4, -0.2) is 49.8 Å². The van der Waals surface area contributed by atoms with Crippen LogP contribution in [0.3, 0.4) is 0 Å². The Kier molecular flexibility index (Phi) is 7.45. The number of H-pyrrole nitrogens is 2. The molecule has 0 saturated heterocycles. The summed E-state index contributed by atoms with van der Waals surface area (Å²) in [5.74, 6) is 2.45. The van der Waals surface area contributed by atoms with Gasteiger partial charge in [-0.15, -0.1) is 10.2 Å². The Balaban J connectivity index is 1.32. The minimum Gasteiger partial charge on any atom is -0.494 e. The third-order valence-corrected chi connectivity index (χ3v) is 6.46. The smallest absolute Gasteiger partial charge is 0.325 e. The Morgan fingerprint density at radius 2 is 1.89 bits per heavy atom. The highest BCUT2D eigenvalue weighted by Crippen LogP contribution is 2.32. The molecular formula is C25H24N6O6S. The maximum atomic E-state index is 12.6. The second kappa shape index (κ2) is 11.3. The Morgan fingerprint density at radius 1 is 1.08 bits per heavy atom. The van der Waals surface area contributed by atoms with Gasteiger partial charge in [0.2, 0.25) is 12.7 Å². The molecule has 0 atom stereocenters. The summed E-state index contributed by atoms with van der Waals surface area (Å²) < 4.78 is 18.0. The molecule has 1 aliphatic heterocycles. The standard InChI is InChI=1S/C25H24N6O6S/c1-2-35-18-6-4-17(5-7-18)31-21(10-16-11-22(32)28-24(34)27-16)29-30-25(31)38-13-23(33)26-12-15-3-8-19-20(9-15)37-14-36-19/h3-9,11H,2,10,12-14H2,1H3,(H,26,33)(H2,27,28,32,34). The molecule has 0 spiro atoms. The molecule has 3 N–H and O–H groups in total. The third-order valence-electron chi connectivity index (χ3n) is 5.53. The lowest BCUT2D eigenvalue weighted by molar-refractivity contribution is -0.118. The fourth-order valence-electron chi connectivity index (χ4n) is 3.84. The number of nitrogens with zero attached hydrogens (tertiary/aromatic N) is 3. The summed E-state index contributed by atoms with van der Waals surface area (Å²) in [6.07, 6.45) is 0.149. The summed E-state index contributed by atoms with van der Waals surface area (Å²) in [4.78, 5) is 40.9. The van der Waals surface area contributed by atoms with Crippen molar-refractivity contribution in [3.05, 3.63) is 86.5 Å². The van der Waals surface area contributed by atoms with Crippen LogP contribution in [0.2, 0.25) is 0 Å². The number of fused-ring (bicyclic) bond motifs is 1. The van der Waals surface area contributed by atoms with Gasteiger partial charge >= 0.3 is 5.69 Å². The topological polar surface area (TPSA) is 153 Å². The van der Waals surface area contributed by atoms with E-state index in [1.165, 1.54) is 17.8 Å². The van der Waals surface area contributed by atoms with Crippen LogP contribution < -0.4 is 30.8 Å². The first kappa shape index (κ1) is 25.1. The van der Waals surface area contributed by atoms with E-state index in [1.54, 1.807) is 4.57 Å². The van der Waals surface area contributed by atoms with Crippen molar-refractivity contribution in [2.45, 2.75) is 25.0 Å². The molecule has 0 aliphatic carbocycles. The number of rotatable bonds is 10. The van der Waals surface area contributed by atoms with Gasteiger partial charge in [-0.1, -0.05) is 17.8 Å². The van der Waals surface area contributed by atoms with Gasteiger partial charge in [-0.05, 0) is 48.9 Å². The number of nitrogens with one attached hydrogen (secondary N) is 3. The molecule has 0 saturated carbocycles. The number of carbonyl (C=O) groups is 1. The molecule has 38 heavy (non-hydrogen) atoms. The van der Waals surface area contributed by atoms with Crippen LogP contribution in [0, 0.1) is 0 Å². The first-order valence-electron chi connectivity index (χ1n) is 11.8. The van der Waals surface area contributed by atoms with Crippen molar-refractivity contribution >= 4 is 17.7 Å². The van der Waals surface area contributed by atoms with Gasteiger partial charge < -0.3 is 24.5 Å². The summed E-state index contributed by atoms with van der Waals surface area (Å²) in [5, 5.41) is 11.9. The minimum absolute atomic E-state index is 0.0988. The van der Waals surface area contributed by atoms with Crippen LogP contribution in [0.25, 0.3) is 5.69 Å². The molecule has 1 amide bonds. The Bertz CT molecular complexity index is 1530. The lowest BCUT2D eigenvalue weighted by Gasteiger charge is -2.11. The number of benzene rings is 2. The van der Waals surface area contributed by atoms with Crippen LogP contribution in [0.4, 0.5) is 0 Å². The van der Waals surface area contributed by atoms with E-state index in [0.29, 0.717) is 47.1 Å². The molecule has 0 radical (unpaired) electrons. The van der Waals surface area contributed by atoms with Gasteiger partial charge in [-0.2, -0.15) is 0 Å². The van der Waals surface area contributed by atoms with Crippen molar-refractivity contribution < 1.29 is 19.0 Å². The number of aromatic amines is 2. The van der Waals surface area contributed by atoms with Crippen LogP contribution >= 0.6 is 11.8 Å². The molecule has 12 nitrogen and oxygen atoms in total. The van der Waals surface area contributed by atoms with Crippen molar-refractivity contribution in [2.24, 2.45) is 0 Å². The molecular weight excluding hydrogens is 512 g/mol.